The van der Waals surface area contributed by atoms with Crippen LogP contribution in [0.15, 0.2) is 42.1 Å². The van der Waals surface area contributed by atoms with Crippen LogP contribution < -0.4 is 9.47 Å². The molecule has 2 aliphatic rings. The van der Waals surface area contributed by atoms with Crippen molar-refractivity contribution < 1.29 is 23.8 Å². The van der Waals surface area contributed by atoms with E-state index in [1.165, 1.54) is 0 Å². The SMILES string of the molecule is CCOc1cccc2c1OCC(C(=O)OCCC1CCCCN1C(=O)c1cccn1C)=C2. The molecule has 0 spiro atoms. The number of aromatic nitrogens is 1. The van der Waals surface area contributed by atoms with Crippen molar-refractivity contribution in [3.63, 3.8) is 0 Å². The normalized spacial score (nSPS) is 17.8. The monoisotopic (exact) mass is 438 g/mol. The number of aryl methyl sites for hydroxylation is 1. The molecule has 2 aliphatic heterocycles. The van der Waals surface area contributed by atoms with Gasteiger partial charge in [0.15, 0.2) is 11.5 Å². The molecule has 3 heterocycles. The lowest BCUT2D eigenvalue weighted by Crippen LogP contribution is -2.44. The Labute approximate surface area is 188 Å². The number of esters is 1. The van der Waals surface area contributed by atoms with Crippen LogP contribution in [0, 0.1) is 0 Å². The number of benzene rings is 1. The molecule has 7 heteroatoms. The molecule has 170 valence electrons. The largest absolute Gasteiger partial charge is 0.490 e. The van der Waals surface area contributed by atoms with Crippen molar-refractivity contribution in [3.05, 3.63) is 53.4 Å². The lowest BCUT2D eigenvalue weighted by atomic mass is 9.99. The van der Waals surface area contributed by atoms with Gasteiger partial charge in [-0.2, -0.15) is 0 Å². The number of carbonyl (C=O) groups is 2. The zero-order valence-electron chi connectivity index (χ0n) is 18.7. The minimum Gasteiger partial charge on any atom is -0.490 e. The maximum Gasteiger partial charge on any atom is 0.337 e. The van der Waals surface area contributed by atoms with Gasteiger partial charge in [0, 0.05) is 37.8 Å². The first-order valence-electron chi connectivity index (χ1n) is 11.3. The highest BCUT2D eigenvalue weighted by atomic mass is 16.5. The Hall–Kier alpha value is -3.22. The Bertz CT molecular complexity index is 1010. The van der Waals surface area contributed by atoms with Gasteiger partial charge in [0.2, 0.25) is 0 Å². The lowest BCUT2D eigenvalue weighted by Gasteiger charge is -2.35. The summed E-state index contributed by atoms with van der Waals surface area (Å²) in [6.45, 7) is 3.62. The molecule has 32 heavy (non-hydrogen) atoms. The van der Waals surface area contributed by atoms with Crippen molar-refractivity contribution in [3.8, 4) is 11.5 Å². The number of piperidine rings is 1. The van der Waals surface area contributed by atoms with E-state index < -0.39 is 0 Å². The van der Waals surface area contributed by atoms with Crippen molar-refractivity contribution in [2.75, 3.05) is 26.4 Å². The average molecular weight is 439 g/mol. The summed E-state index contributed by atoms with van der Waals surface area (Å²) in [5.41, 5.74) is 1.97. The van der Waals surface area contributed by atoms with E-state index in [2.05, 4.69) is 0 Å². The quantitative estimate of drug-likeness (QED) is 0.615. The standard InChI is InChI=1S/C25H30N2O5/c1-3-30-22-11-6-8-18-16-19(17-32-23(18)22)25(29)31-15-12-20-9-4-5-14-27(20)24(28)21-10-7-13-26(21)2/h6-8,10-11,13,16,20H,3-5,9,12,14-15,17H2,1-2H3. The predicted octanol–water partition coefficient (Wildman–Crippen LogP) is 3.83. The minimum atomic E-state index is -0.381. The summed E-state index contributed by atoms with van der Waals surface area (Å²) >= 11 is 0. The van der Waals surface area contributed by atoms with Gasteiger partial charge in [-0.1, -0.05) is 12.1 Å². The van der Waals surface area contributed by atoms with Gasteiger partial charge in [0.25, 0.3) is 5.91 Å². The van der Waals surface area contributed by atoms with Gasteiger partial charge in [0.1, 0.15) is 12.3 Å². The van der Waals surface area contributed by atoms with Crippen LogP contribution in [0.4, 0.5) is 0 Å². The second-order valence-corrected chi connectivity index (χ2v) is 8.14. The van der Waals surface area contributed by atoms with Crippen LogP contribution in [-0.4, -0.2) is 53.8 Å². The Morgan fingerprint density at radius 1 is 1.19 bits per heavy atom. The highest BCUT2D eigenvalue weighted by molar-refractivity contribution is 5.95. The molecule has 4 rings (SSSR count). The van der Waals surface area contributed by atoms with Crippen molar-refractivity contribution in [1.82, 2.24) is 9.47 Å². The van der Waals surface area contributed by atoms with Crippen LogP contribution in [0.3, 0.4) is 0 Å². The van der Waals surface area contributed by atoms with Crippen LogP contribution in [0.25, 0.3) is 6.08 Å². The Morgan fingerprint density at radius 2 is 2.06 bits per heavy atom. The topological polar surface area (TPSA) is 70.0 Å². The number of carbonyl (C=O) groups excluding carboxylic acids is 2. The van der Waals surface area contributed by atoms with E-state index in [4.69, 9.17) is 14.2 Å². The Balaban J connectivity index is 1.35. The van der Waals surface area contributed by atoms with Crippen molar-refractivity contribution in [2.24, 2.45) is 7.05 Å². The van der Waals surface area contributed by atoms with Gasteiger partial charge in [-0.25, -0.2) is 4.79 Å². The predicted molar refractivity (Wildman–Crippen MR) is 121 cm³/mol. The maximum absolute atomic E-state index is 13.0. The van der Waals surface area contributed by atoms with E-state index in [0.29, 0.717) is 35.8 Å². The van der Waals surface area contributed by atoms with Gasteiger partial charge < -0.3 is 23.7 Å². The number of para-hydroxylation sites is 1. The molecule has 1 aromatic carbocycles. The highest BCUT2D eigenvalue weighted by Gasteiger charge is 2.29. The summed E-state index contributed by atoms with van der Waals surface area (Å²) in [5, 5.41) is 0. The van der Waals surface area contributed by atoms with E-state index in [9.17, 15) is 9.59 Å². The maximum atomic E-state index is 13.0. The van der Waals surface area contributed by atoms with E-state index in [1.807, 2.05) is 60.0 Å². The highest BCUT2D eigenvalue weighted by Crippen LogP contribution is 2.36. The lowest BCUT2D eigenvalue weighted by molar-refractivity contribution is -0.139. The second kappa shape index (κ2) is 9.94. The smallest absolute Gasteiger partial charge is 0.337 e. The number of amides is 1. The third-order valence-corrected chi connectivity index (χ3v) is 6.01. The number of hydrogen-bond acceptors (Lipinski definition) is 5. The molecule has 1 unspecified atom stereocenters. The summed E-state index contributed by atoms with van der Waals surface area (Å²) in [5.74, 6) is 0.990. The Kier molecular flexibility index (Phi) is 6.83. The van der Waals surface area contributed by atoms with Crippen LogP contribution >= 0.6 is 0 Å². The molecule has 0 aliphatic carbocycles. The minimum absolute atomic E-state index is 0.0404. The molecular weight excluding hydrogens is 408 g/mol. The zero-order valence-corrected chi connectivity index (χ0v) is 18.7. The van der Waals surface area contributed by atoms with E-state index in [-0.39, 0.29) is 31.1 Å². The fourth-order valence-electron chi connectivity index (χ4n) is 4.35. The van der Waals surface area contributed by atoms with Gasteiger partial charge in [-0.05, 0) is 50.5 Å². The number of ether oxygens (including phenoxy) is 3. The van der Waals surface area contributed by atoms with Crippen molar-refractivity contribution in [2.45, 2.75) is 38.6 Å². The molecule has 1 saturated heterocycles. The fraction of sp³-hybridized carbons (Fsp3) is 0.440. The van der Waals surface area contributed by atoms with E-state index in [1.54, 1.807) is 6.08 Å². The summed E-state index contributed by atoms with van der Waals surface area (Å²) < 4.78 is 18.8. The van der Waals surface area contributed by atoms with Gasteiger partial charge in [-0.3, -0.25) is 4.79 Å². The van der Waals surface area contributed by atoms with Crippen molar-refractivity contribution >= 4 is 18.0 Å². The van der Waals surface area contributed by atoms with Crippen LogP contribution in [0.2, 0.25) is 0 Å². The number of hydrogen-bond donors (Lipinski definition) is 0. The van der Waals surface area contributed by atoms with E-state index >= 15 is 0 Å². The number of fused-ring (bicyclic) bond motifs is 1. The first-order chi connectivity index (χ1) is 15.6. The third-order valence-electron chi connectivity index (χ3n) is 6.01. The number of likely N-dealkylation sites (tertiary alicyclic amines) is 1. The second-order valence-electron chi connectivity index (χ2n) is 8.14. The van der Waals surface area contributed by atoms with Gasteiger partial charge in [-0.15, -0.1) is 0 Å². The number of nitrogens with zero attached hydrogens (tertiary/aromatic N) is 2. The first-order valence-corrected chi connectivity index (χ1v) is 11.3. The van der Waals surface area contributed by atoms with Crippen molar-refractivity contribution in [1.29, 1.82) is 0 Å². The van der Waals surface area contributed by atoms with Crippen LogP contribution in [0.1, 0.15) is 48.7 Å². The number of rotatable bonds is 7. The molecule has 0 N–H and O–H groups in total. The third kappa shape index (κ3) is 4.66. The van der Waals surface area contributed by atoms with Gasteiger partial charge >= 0.3 is 5.97 Å². The van der Waals surface area contributed by atoms with E-state index in [0.717, 1.165) is 31.4 Å². The molecule has 2 aromatic rings. The average Bonchev–Trinajstić information content (AvgIpc) is 3.24. The molecular formula is C25H30N2O5. The van der Waals surface area contributed by atoms with Gasteiger partial charge in [0.05, 0.1) is 18.8 Å². The zero-order chi connectivity index (χ0) is 22.5. The molecule has 1 amide bonds. The van der Waals surface area contributed by atoms with Crippen LogP contribution in [0.5, 0.6) is 11.5 Å². The summed E-state index contributed by atoms with van der Waals surface area (Å²) in [4.78, 5) is 27.5. The summed E-state index contributed by atoms with van der Waals surface area (Å²) in [6, 6.07) is 9.41. The molecule has 0 bridgehead atoms. The molecule has 7 nitrogen and oxygen atoms in total. The fourth-order valence-corrected chi connectivity index (χ4v) is 4.35. The molecule has 1 aromatic heterocycles. The Morgan fingerprint density at radius 3 is 2.84 bits per heavy atom. The molecule has 1 atom stereocenters. The van der Waals surface area contributed by atoms with Crippen LogP contribution in [-0.2, 0) is 16.6 Å². The molecule has 0 saturated carbocycles. The summed E-state index contributed by atoms with van der Waals surface area (Å²) in [7, 11) is 1.88. The first kappa shape index (κ1) is 22.0. The summed E-state index contributed by atoms with van der Waals surface area (Å²) in [6.07, 6.45) is 7.31. The molecule has 0 radical (unpaired) electrons. The molecule has 1 fully saturated rings.